The highest BCUT2D eigenvalue weighted by molar-refractivity contribution is 5.85. The van der Waals surface area contributed by atoms with Crippen LogP contribution in [0.1, 0.15) is 18.2 Å². The highest BCUT2D eigenvalue weighted by atomic mass is 16.4. The second-order valence-electron chi connectivity index (χ2n) is 5.47. The minimum absolute atomic E-state index is 0.211. The summed E-state index contributed by atoms with van der Waals surface area (Å²) in [5.74, 6) is -0.596. The summed E-state index contributed by atoms with van der Waals surface area (Å²) in [5.41, 5.74) is 6.25. The molecular formula is C16H17N3O4. The summed E-state index contributed by atoms with van der Waals surface area (Å²) in [6.45, 7) is 0.0408. The minimum atomic E-state index is -1.04. The fourth-order valence-corrected chi connectivity index (χ4v) is 2.85. The van der Waals surface area contributed by atoms with Gasteiger partial charge >= 0.3 is 5.97 Å². The van der Waals surface area contributed by atoms with Gasteiger partial charge in [0.15, 0.2) is 11.7 Å². The summed E-state index contributed by atoms with van der Waals surface area (Å²) in [6.07, 6.45) is 1.89. The molecule has 7 heteroatoms. The molecular weight excluding hydrogens is 298 g/mol. The number of carboxylic acid groups (broad SMARTS) is 1. The van der Waals surface area contributed by atoms with Crippen molar-refractivity contribution in [1.82, 2.24) is 9.88 Å². The van der Waals surface area contributed by atoms with Crippen molar-refractivity contribution in [3.63, 3.8) is 0 Å². The zero-order valence-electron chi connectivity index (χ0n) is 12.4. The van der Waals surface area contributed by atoms with Crippen LogP contribution in [0.25, 0.3) is 11.3 Å². The van der Waals surface area contributed by atoms with Gasteiger partial charge in [-0.05, 0) is 6.42 Å². The first-order valence-corrected chi connectivity index (χ1v) is 7.33. The third-order valence-corrected chi connectivity index (χ3v) is 4.01. The van der Waals surface area contributed by atoms with Gasteiger partial charge in [0.2, 0.25) is 5.91 Å². The Kier molecular flexibility index (Phi) is 4.12. The Morgan fingerprint density at radius 3 is 2.74 bits per heavy atom. The van der Waals surface area contributed by atoms with Crippen molar-refractivity contribution in [2.45, 2.75) is 18.4 Å². The second-order valence-corrected chi connectivity index (χ2v) is 5.47. The van der Waals surface area contributed by atoms with Gasteiger partial charge in [-0.25, -0.2) is 9.78 Å². The zero-order chi connectivity index (χ0) is 16.4. The summed E-state index contributed by atoms with van der Waals surface area (Å²) in [6, 6.07) is 8.63. The topological polar surface area (TPSA) is 110 Å². The molecule has 3 rings (SSSR count). The van der Waals surface area contributed by atoms with Crippen LogP contribution in [0, 0.1) is 0 Å². The van der Waals surface area contributed by atoms with Crippen LogP contribution in [-0.4, -0.2) is 46.0 Å². The SMILES string of the molecule is NCC(=O)N1CC(c2ncc(-c3ccccc3)o2)CC1C(=O)O. The lowest BCUT2D eigenvalue weighted by Crippen LogP contribution is -2.43. The predicted octanol–water partition coefficient (Wildman–Crippen LogP) is 1.07. The van der Waals surface area contributed by atoms with Crippen LogP contribution >= 0.6 is 0 Å². The molecule has 2 heterocycles. The lowest BCUT2D eigenvalue weighted by atomic mass is 10.1. The van der Waals surface area contributed by atoms with E-state index in [-0.39, 0.29) is 31.3 Å². The van der Waals surface area contributed by atoms with Crippen LogP contribution in [0.5, 0.6) is 0 Å². The molecule has 3 N–H and O–H groups in total. The molecule has 1 aromatic carbocycles. The molecule has 120 valence electrons. The predicted molar refractivity (Wildman–Crippen MR) is 81.5 cm³/mol. The number of amides is 1. The Balaban J connectivity index is 1.82. The Morgan fingerprint density at radius 1 is 1.35 bits per heavy atom. The van der Waals surface area contributed by atoms with Gasteiger partial charge in [0.1, 0.15) is 6.04 Å². The van der Waals surface area contributed by atoms with Crippen molar-refractivity contribution in [3.8, 4) is 11.3 Å². The number of nitrogens with two attached hydrogens (primary N) is 1. The summed E-state index contributed by atoms with van der Waals surface area (Å²) in [7, 11) is 0. The highest BCUT2D eigenvalue weighted by Crippen LogP contribution is 2.33. The first kappa shape index (κ1) is 15.2. The minimum Gasteiger partial charge on any atom is -0.480 e. The number of carbonyl (C=O) groups excluding carboxylic acids is 1. The maximum absolute atomic E-state index is 11.8. The van der Waals surface area contributed by atoms with E-state index in [2.05, 4.69) is 4.98 Å². The smallest absolute Gasteiger partial charge is 0.326 e. The number of nitrogens with zero attached hydrogens (tertiary/aromatic N) is 2. The van der Waals surface area contributed by atoms with Crippen molar-refractivity contribution in [2.75, 3.05) is 13.1 Å². The van der Waals surface area contributed by atoms with E-state index in [1.807, 2.05) is 30.3 Å². The molecule has 1 aliphatic heterocycles. The van der Waals surface area contributed by atoms with Gasteiger partial charge in [0.05, 0.1) is 18.7 Å². The summed E-state index contributed by atoms with van der Waals surface area (Å²) in [5, 5.41) is 9.29. The Hall–Kier alpha value is -2.67. The molecule has 1 aromatic heterocycles. The number of rotatable bonds is 4. The monoisotopic (exact) mass is 315 g/mol. The number of hydrogen-bond donors (Lipinski definition) is 2. The summed E-state index contributed by atoms with van der Waals surface area (Å²) >= 11 is 0. The molecule has 0 bridgehead atoms. The van der Waals surface area contributed by atoms with Gasteiger partial charge in [-0.2, -0.15) is 0 Å². The van der Waals surface area contributed by atoms with Gasteiger partial charge in [0, 0.05) is 12.1 Å². The van der Waals surface area contributed by atoms with E-state index in [0.29, 0.717) is 11.7 Å². The zero-order valence-corrected chi connectivity index (χ0v) is 12.4. The van der Waals surface area contributed by atoms with Gasteiger partial charge in [-0.1, -0.05) is 30.3 Å². The molecule has 0 spiro atoms. The number of aromatic nitrogens is 1. The lowest BCUT2D eigenvalue weighted by Gasteiger charge is -2.20. The van der Waals surface area contributed by atoms with E-state index in [1.54, 1.807) is 6.20 Å². The Morgan fingerprint density at radius 2 is 2.09 bits per heavy atom. The lowest BCUT2D eigenvalue weighted by molar-refractivity contribution is -0.147. The van der Waals surface area contributed by atoms with Crippen LogP contribution in [0.4, 0.5) is 0 Å². The maximum atomic E-state index is 11.8. The Labute approximate surface area is 132 Å². The fraction of sp³-hybridized carbons (Fsp3) is 0.312. The molecule has 7 nitrogen and oxygen atoms in total. The number of hydrogen-bond acceptors (Lipinski definition) is 5. The molecule has 1 saturated heterocycles. The molecule has 2 atom stereocenters. The van der Waals surface area contributed by atoms with Gasteiger partial charge in [0.25, 0.3) is 0 Å². The largest absolute Gasteiger partial charge is 0.480 e. The van der Waals surface area contributed by atoms with E-state index in [1.165, 1.54) is 4.90 Å². The van der Waals surface area contributed by atoms with Crippen LogP contribution in [0.15, 0.2) is 40.9 Å². The normalized spacial score (nSPS) is 20.7. The summed E-state index contributed by atoms with van der Waals surface area (Å²) in [4.78, 5) is 28.7. The molecule has 1 amide bonds. The van der Waals surface area contributed by atoms with E-state index < -0.39 is 12.0 Å². The first-order chi connectivity index (χ1) is 11.1. The number of likely N-dealkylation sites (tertiary alicyclic amines) is 1. The molecule has 1 fully saturated rings. The molecule has 0 aliphatic carbocycles. The first-order valence-electron chi connectivity index (χ1n) is 7.33. The van der Waals surface area contributed by atoms with Gasteiger partial charge < -0.3 is 20.2 Å². The molecule has 1 aliphatic rings. The van der Waals surface area contributed by atoms with Crippen molar-refractivity contribution in [1.29, 1.82) is 0 Å². The third kappa shape index (κ3) is 2.95. The van der Waals surface area contributed by atoms with Crippen LogP contribution in [0.3, 0.4) is 0 Å². The van der Waals surface area contributed by atoms with Gasteiger partial charge in [-0.15, -0.1) is 0 Å². The maximum Gasteiger partial charge on any atom is 0.326 e. The molecule has 2 unspecified atom stereocenters. The fourth-order valence-electron chi connectivity index (χ4n) is 2.85. The highest BCUT2D eigenvalue weighted by Gasteiger charge is 2.41. The van der Waals surface area contributed by atoms with Crippen molar-refractivity contribution in [2.24, 2.45) is 5.73 Å². The van der Waals surface area contributed by atoms with Crippen LogP contribution < -0.4 is 5.73 Å². The van der Waals surface area contributed by atoms with Crippen molar-refractivity contribution in [3.05, 3.63) is 42.4 Å². The number of oxazole rings is 1. The molecule has 23 heavy (non-hydrogen) atoms. The molecule has 0 saturated carbocycles. The summed E-state index contributed by atoms with van der Waals surface area (Å²) < 4.78 is 5.77. The molecule has 0 radical (unpaired) electrons. The van der Waals surface area contributed by atoms with E-state index in [0.717, 1.165) is 5.56 Å². The standard InChI is InChI=1S/C16H17N3O4/c17-7-14(20)19-9-11(6-12(19)16(21)22)15-18-8-13(23-15)10-4-2-1-3-5-10/h1-5,8,11-12H,6-7,9,17H2,(H,21,22). The Bertz CT molecular complexity index is 713. The molecule has 2 aromatic rings. The number of benzene rings is 1. The van der Waals surface area contributed by atoms with Gasteiger partial charge in [-0.3, -0.25) is 4.79 Å². The second kappa shape index (κ2) is 6.21. The van der Waals surface area contributed by atoms with Crippen molar-refractivity contribution < 1.29 is 19.1 Å². The van der Waals surface area contributed by atoms with Crippen LogP contribution in [-0.2, 0) is 9.59 Å². The quantitative estimate of drug-likeness (QED) is 0.873. The number of carbonyl (C=O) groups is 2. The average Bonchev–Trinajstić information content (AvgIpc) is 3.21. The average molecular weight is 315 g/mol. The number of carboxylic acids is 1. The van der Waals surface area contributed by atoms with E-state index >= 15 is 0 Å². The third-order valence-electron chi connectivity index (χ3n) is 4.01. The van der Waals surface area contributed by atoms with Crippen molar-refractivity contribution >= 4 is 11.9 Å². The number of aliphatic carboxylic acids is 1. The van der Waals surface area contributed by atoms with E-state index in [4.69, 9.17) is 10.2 Å². The van der Waals surface area contributed by atoms with E-state index in [9.17, 15) is 14.7 Å². The van der Waals surface area contributed by atoms with Crippen LogP contribution in [0.2, 0.25) is 0 Å².